The summed E-state index contributed by atoms with van der Waals surface area (Å²) in [6.07, 6.45) is 1.22. The van der Waals surface area contributed by atoms with E-state index in [1.165, 1.54) is 6.08 Å². The first kappa shape index (κ1) is 12.1. The molecule has 0 radical (unpaired) electrons. The Kier molecular flexibility index (Phi) is 6.96. The average molecular weight is 164 g/mol. The lowest BCUT2D eigenvalue weighted by molar-refractivity contribution is 0.296. The fraction of sp³-hybridized carbons (Fsp3) is 0.333. The fourth-order valence-corrected chi connectivity index (χ4v) is 0.402. The monoisotopic (exact) mass is 164 g/mol. The molecule has 0 spiro atoms. The van der Waals surface area contributed by atoms with Crippen LogP contribution in [-0.4, -0.2) is 42.6 Å². The highest BCUT2D eigenvalue weighted by molar-refractivity contribution is 7.80. The van der Waals surface area contributed by atoms with Gasteiger partial charge in [-0.15, -0.1) is 6.58 Å². The topological polar surface area (TPSA) is 63.6 Å². The van der Waals surface area contributed by atoms with Crippen LogP contribution in [0.4, 0.5) is 0 Å². The molecule has 0 aliphatic carbocycles. The maximum absolute atomic E-state index is 9.68. The van der Waals surface area contributed by atoms with Crippen molar-refractivity contribution in [1.29, 1.82) is 0 Å². The standard InChI is InChI=1S/C3H6O4S.Mg.2H/c1-2-3-7-8(4,5)6;;;/h2H,1,3H2,(H,4,5,6);;;. The third-order valence-electron chi connectivity index (χ3n) is 0.335. The predicted octanol–water partition coefficient (Wildman–Crippen LogP) is -0.924. The lowest BCUT2D eigenvalue weighted by atomic mass is 10.7. The Morgan fingerprint density at radius 1 is 1.67 bits per heavy atom. The van der Waals surface area contributed by atoms with Crippen LogP contribution < -0.4 is 0 Å². The van der Waals surface area contributed by atoms with Crippen LogP contribution in [0.2, 0.25) is 0 Å². The zero-order valence-corrected chi connectivity index (χ0v) is 4.89. The van der Waals surface area contributed by atoms with Gasteiger partial charge in [0.05, 0.1) is 6.61 Å². The van der Waals surface area contributed by atoms with Crippen molar-refractivity contribution in [2.75, 3.05) is 6.61 Å². The quantitative estimate of drug-likeness (QED) is 0.333. The first-order chi connectivity index (χ1) is 3.56. The van der Waals surface area contributed by atoms with Crippen LogP contribution >= 0.6 is 0 Å². The van der Waals surface area contributed by atoms with Gasteiger partial charge in [0.1, 0.15) is 0 Å². The Bertz CT molecular complexity index is 161. The first-order valence-corrected chi connectivity index (χ1v) is 3.15. The fourth-order valence-electron chi connectivity index (χ4n) is 0.134. The number of hydrogen-bond acceptors (Lipinski definition) is 3. The van der Waals surface area contributed by atoms with E-state index < -0.39 is 10.4 Å². The van der Waals surface area contributed by atoms with Gasteiger partial charge in [0.25, 0.3) is 0 Å². The van der Waals surface area contributed by atoms with Crippen molar-refractivity contribution in [2.24, 2.45) is 0 Å². The molecule has 0 aliphatic rings. The lowest BCUT2D eigenvalue weighted by Crippen LogP contribution is -2.02. The van der Waals surface area contributed by atoms with Gasteiger partial charge in [0, 0.05) is 0 Å². The summed E-state index contributed by atoms with van der Waals surface area (Å²) >= 11 is 0. The highest BCUT2D eigenvalue weighted by Crippen LogP contribution is 1.83. The predicted molar refractivity (Wildman–Crippen MR) is 36.2 cm³/mol. The summed E-state index contributed by atoms with van der Waals surface area (Å²) in [6, 6.07) is 0. The molecule has 0 saturated heterocycles. The van der Waals surface area contributed by atoms with Crippen LogP contribution in [0.15, 0.2) is 12.7 Å². The van der Waals surface area contributed by atoms with Gasteiger partial charge in [-0.3, -0.25) is 4.55 Å². The molecule has 9 heavy (non-hydrogen) atoms. The Morgan fingerprint density at radius 3 is 2.22 bits per heavy atom. The average Bonchev–Trinajstić information content (AvgIpc) is 1.59. The van der Waals surface area contributed by atoms with E-state index in [0.29, 0.717) is 0 Å². The SMILES string of the molecule is C=CCOS(=O)(=O)O.[MgH2]. The van der Waals surface area contributed by atoms with Crippen LogP contribution in [0.25, 0.3) is 0 Å². The van der Waals surface area contributed by atoms with Crippen molar-refractivity contribution >= 4 is 33.5 Å². The molecule has 0 unspecified atom stereocenters. The molecular weight excluding hydrogens is 156 g/mol. The summed E-state index contributed by atoms with van der Waals surface area (Å²) in [4.78, 5) is 0. The van der Waals surface area contributed by atoms with E-state index in [4.69, 9.17) is 4.55 Å². The second kappa shape index (κ2) is 5.18. The van der Waals surface area contributed by atoms with Crippen molar-refractivity contribution < 1.29 is 17.2 Å². The van der Waals surface area contributed by atoms with Crippen molar-refractivity contribution in [3.63, 3.8) is 0 Å². The first-order valence-electron chi connectivity index (χ1n) is 1.79. The van der Waals surface area contributed by atoms with Gasteiger partial charge in [0.15, 0.2) is 0 Å². The Labute approximate surface area is 70.0 Å². The molecule has 0 fully saturated rings. The molecule has 4 nitrogen and oxygen atoms in total. The van der Waals surface area contributed by atoms with Gasteiger partial charge >= 0.3 is 33.5 Å². The summed E-state index contributed by atoms with van der Waals surface area (Å²) < 4.78 is 31.0. The highest BCUT2D eigenvalue weighted by atomic mass is 32.3. The smallest absolute Gasteiger partial charge is 0.264 e. The maximum Gasteiger partial charge on any atom is 0.397 e. The molecule has 0 aromatic heterocycles. The van der Waals surface area contributed by atoms with Gasteiger partial charge in [-0.1, -0.05) is 6.08 Å². The second-order valence-corrected chi connectivity index (χ2v) is 2.09. The van der Waals surface area contributed by atoms with Crippen molar-refractivity contribution in [1.82, 2.24) is 0 Å². The number of rotatable bonds is 3. The van der Waals surface area contributed by atoms with E-state index in [1.54, 1.807) is 0 Å². The summed E-state index contributed by atoms with van der Waals surface area (Å²) in [7, 11) is -4.26. The van der Waals surface area contributed by atoms with E-state index in [1.807, 2.05) is 0 Å². The zero-order valence-electron chi connectivity index (χ0n) is 4.07. The molecule has 0 rings (SSSR count). The van der Waals surface area contributed by atoms with E-state index in [9.17, 15) is 8.42 Å². The lowest BCUT2D eigenvalue weighted by Gasteiger charge is -1.90. The van der Waals surface area contributed by atoms with E-state index in [-0.39, 0.29) is 29.7 Å². The van der Waals surface area contributed by atoms with Gasteiger partial charge < -0.3 is 0 Å². The van der Waals surface area contributed by atoms with Gasteiger partial charge in [-0.25, -0.2) is 4.18 Å². The van der Waals surface area contributed by atoms with Crippen molar-refractivity contribution in [3.8, 4) is 0 Å². The molecule has 1 N–H and O–H groups in total. The Balaban J connectivity index is 0. The van der Waals surface area contributed by atoms with Crippen LogP contribution in [0.3, 0.4) is 0 Å². The molecule has 0 amide bonds. The minimum absolute atomic E-state index is 0. The van der Waals surface area contributed by atoms with Crippen LogP contribution in [0.1, 0.15) is 0 Å². The second-order valence-electron chi connectivity index (χ2n) is 1.00. The van der Waals surface area contributed by atoms with E-state index in [2.05, 4.69) is 10.8 Å². The minimum Gasteiger partial charge on any atom is -0.264 e. The maximum atomic E-state index is 9.68. The molecular formula is C3H8MgO4S. The normalized spacial score (nSPS) is 9.89. The minimum atomic E-state index is -4.26. The van der Waals surface area contributed by atoms with Gasteiger partial charge in [0.2, 0.25) is 0 Å². The van der Waals surface area contributed by atoms with E-state index in [0.717, 1.165) is 0 Å². The molecule has 0 aromatic carbocycles. The molecule has 0 aliphatic heterocycles. The van der Waals surface area contributed by atoms with Crippen LogP contribution in [-0.2, 0) is 14.6 Å². The summed E-state index contributed by atoms with van der Waals surface area (Å²) in [6.45, 7) is 2.97. The Morgan fingerprint density at radius 2 is 2.11 bits per heavy atom. The summed E-state index contributed by atoms with van der Waals surface area (Å²) in [5.41, 5.74) is 0. The number of hydrogen-bond donors (Lipinski definition) is 1. The third kappa shape index (κ3) is 11.8. The zero-order chi connectivity index (χ0) is 6.62. The van der Waals surface area contributed by atoms with Gasteiger partial charge in [-0.2, -0.15) is 8.42 Å². The third-order valence-corrected chi connectivity index (χ3v) is 0.769. The van der Waals surface area contributed by atoms with Gasteiger partial charge in [-0.05, 0) is 0 Å². The molecule has 0 saturated carbocycles. The molecule has 0 atom stereocenters. The largest absolute Gasteiger partial charge is 0.397 e. The Hall–Kier alpha value is 0.376. The molecule has 0 heterocycles. The van der Waals surface area contributed by atoms with Crippen LogP contribution in [0, 0.1) is 0 Å². The highest BCUT2D eigenvalue weighted by Gasteiger charge is 1.99. The molecule has 0 aromatic rings. The molecule has 0 bridgehead atoms. The summed E-state index contributed by atoms with van der Waals surface area (Å²) in [5, 5.41) is 0. The molecule has 6 heteroatoms. The summed E-state index contributed by atoms with van der Waals surface area (Å²) in [5.74, 6) is 0. The molecule has 52 valence electrons. The van der Waals surface area contributed by atoms with Crippen molar-refractivity contribution in [3.05, 3.63) is 12.7 Å². The van der Waals surface area contributed by atoms with Crippen LogP contribution in [0.5, 0.6) is 0 Å². The van der Waals surface area contributed by atoms with E-state index >= 15 is 0 Å². The van der Waals surface area contributed by atoms with Crippen molar-refractivity contribution in [2.45, 2.75) is 0 Å².